The number of rotatable bonds is 4. The molecule has 1 aliphatic carbocycles. The molecule has 0 atom stereocenters. The number of nitrogens with zero attached hydrogens (tertiary/aromatic N) is 2. The molecule has 1 aliphatic rings. The maximum atomic E-state index is 12.3. The van der Waals surface area contributed by atoms with Gasteiger partial charge in [-0.25, -0.2) is 12.7 Å². The minimum Gasteiger partial charge on any atom is -0.383 e. The van der Waals surface area contributed by atoms with Gasteiger partial charge in [0.1, 0.15) is 10.7 Å². The Bertz CT molecular complexity index is 491. The number of aromatic nitrogens is 2. The van der Waals surface area contributed by atoms with E-state index < -0.39 is 10.0 Å². The van der Waals surface area contributed by atoms with E-state index >= 15 is 0 Å². The van der Waals surface area contributed by atoms with Crippen LogP contribution in [-0.2, 0) is 10.0 Å². The molecule has 0 spiro atoms. The van der Waals surface area contributed by atoms with E-state index in [1.54, 1.807) is 7.05 Å². The molecule has 18 heavy (non-hydrogen) atoms. The summed E-state index contributed by atoms with van der Waals surface area (Å²) in [5, 5.41) is 6.12. The Morgan fingerprint density at radius 3 is 2.67 bits per heavy atom. The highest BCUT2D eigenvalue weighted by Crippen LogP contribution is 2.26. The number of nitrogens with one attached hydrogen (secondary N) is 1. The smallest absolute Gasteiger partial charge is 0.248 e. The first-order valence-electron chi connectivity index (χ1n) is 6.27. The summed E-state index contributed by atoms with van der Waals surface area (Å²) in [5.41, 5.74) is 5.57. The first-order chi connectivity index (χ1) is 8.51. The fourth-order valence-electron chi connectivity index (χ4n) is 2.49. The van der Waals surface area contributed by atoms with Gasteiger partial charge in [0.05, 0.1) is 6.20 Å². The molecule has 102 valence electrons. The molecule has 0 unspecified atom stereocenters. The number of nitrogen functional groups attached to an aromatic ring is 1. The molecule has 0 aliphatic heterocycles. The molecular weight excluding hydrogens is 252 g/mol. The van der Waals surface area contributed by atoms with Crippen LogP contribution in [-0.4, -0.2) is 36.5 Å². The molecule has 3 N–H and O–H groups in total. The third kappa shape index (κ3) is 2.67. The summed E-state index contributed by atoms with van der Waals surface area (Å²) in [6, 6.07) is 0. The summed E-state index contributed by atoms with van der Waals surface area (Å²) in [4.78, 5) is 0.0702. The van der Waals surface area contributed by atoms with Gasteiger partial charge in [0.25, 0.3) is 0 Å². The van der Waals surface area contributed by atoms with E-state index in [9.17, 15) is 8.42 Å². The summed E-state index contributed by atoms with van der Waals surface area (Å²) in [7, 11) is -1.90. The van der Waals surface area contributed by atoms with Gasteiger partial charge < -0.3 is 5.73 Å². The zero-order valence-corrected chi connectivity index (χ0v) is 11.4. The number of hydrogen-bond donors (Lipinski definition) is 2. The van der Waals surface area contributed by atoms with Crippen molar-refractivity contribution in [3.05, 3.63) is 6.20 Å². The summed E-state index contributed by atoms with van der Waals surface area (Å²) in [5.74, 6) is 0.567. The van der Waals surface area contributed by atoms with Crippen LogP contribution in [0.5, 0.6) is 0 Å². The molecule has 0 radical (unpaired) electrons. The Hall–Kier alpha value is -1.08. The first-order valence-corrected chi connectivity index (χ1v) is 7.71. The largest absolute Gasteiger partial charge is 0.383 e. The minimum absolute atomic E-state index is 0.0702. The monoisotopic (exact) mass is 272 g/mol. The second-order valence-electron chi connectivity index (χ2n) is 4.94. The molecule has 1 saturated carbocycles. The fraction of sp³-hybridized carbons (Fsp3) is 0.727. The van der Waals surface area contributed by atoms with Crippen molar-refractivity contribution < 1.29 is 8.42 Å². The molecule has 0 aromatic carbocycles. The molecule has 2 rings (SSSR count). The molecule has 0 amide bonds. The van der Waals surface area contributed by atoms with Crippen LogP contribution in [0.15, 0.2) is 11.1 Å². The number of sulfonamides is 1. The topological polar surface area (TPSA) is 92.1 Å². The molecule has 1 heterocycles. The molecule has 0 bridgehead atoms. The van der Waals surface area contributed by atoms with E-state index in [1.165, 1.54) is 29.8 Å². The molecule has 1 aromatic heterocycles. The number of H-pyrrole nitrogens is 1. The van der Waals surface area contributed by atoms with Gasteiger partial charge in [-0.15, -0.1) is 0 Å². The summed E-state index contributed by atoms with van der Waals surface area (Å²) in [6.07, 6.45) is 7.16. The highest BCUT2D eigenvalue weighted by Gasteiger charge is 2.27. The number of hydrogen-bond acceptors (Lipinski definition) is 4. The molecule has 0 saturated heterocycles. The first kappa shape index (κ1) is 13.4. The number of anilines is 1. The van der Waals surface area contributed by atoms with E-state index in [1.807, 2.05) is 0 Å². The fourth-order valence-corrected chi connectivity index (χ4v) is 3.74. The third-order valence-electron chi connectivity index (χ3n) is 3.56. The van der Waals surface area contributed by atoms with E-state index in [-0.39, 0.29) is 10.7 Å². The zero-order valence-electron chi connectivity index (χ0n) is 10.6. The van der Waals surface area contributed by atoms with Crippen LogP contribution >= 0.6 is 0 Å². The van der Waals surface area contributed by atoms with Crippen molar-refractivity contribution in [1.82, 2.24) is 14.5 Å². The standard InChI is InChI=1S/C11H20N4O2S/c1-15(8-9-5-3-2-4-6-9)18(16,17)10-7-13-14-11(10)12/h7,9H,2-6,8H2,1H3,(H3,12,13,14). The van der Waals surface area contributed by atoms with Gasteiger partial charge in [0.15, 0.2) is 0 Å². The lowest BCUT2D eigenvalue weighted by Gasteiger charge is -2.26. The van der Waals surface area contributed by atoms with Gasteiger partial charge in [0.2, 0.25) is 10.0 Å². The van der Waals surface area contributed by atoms with Crippen molar-refractivity contribution in [2.75, 3.05) is 19.3 Å². The van der Waals surface area contributed by atoms with E-state index in [0.717, 1.165) is 12.8 Å². The average molecular weight is 272 g/mol. The third-order valence-corrected chi connectivity index (χ3v) is 5.41. The Morgan fingerprint density at radius 1 is 1.44 bits per heavy atom. The van der Waals surface area contributed by atoms with Crippen LogP contribution in [0, 0.1) is 5.92 Å². The van der Waals surface area contributed by atoms with Crippen LogP contribution in [0.2, 0.25) is 0 Å². The predicted octanol–water partition coefficient (Wildman–Crippen LogP) is 1.19. The van der Waals surface area contributed by atoms with Crippen molar-refractivity contribution in [1.29, 1.82) is 0 Å². The highest BCUT2D eigenvalue weighted by atomic mass is 32.2. The van der Waals surface area contributed by atoms with Crippen molar-refractivity contribution in [3.8, 4) is 0 Å². The Labute approximate surface area is 108 Å². The quantitative estimate of drug-likeness (QED) is 0.861. The van der Waals surface area contributed by atoms with Crippen LogP contribution in [0.1, 0.15) is 32.1 Å². The molecule has 7 heteroatoms. The Morgan fingerprint density at radius 2 is 2.11 bits per heavy atom. The maximum absolute atomic E-state index is 12.3. The van der Waals surface area contributed by atoms with E-state index in [4.69, 9.17) is 5.73 Å². The van der Waals surface area contributed by atoms with Gasteiger partial charge in [-0.1, -0.05) is 19.3 Å². The van der Waals surface area contributed by atoms with Crippen LogP contribution in [0.25, 0.3) is 0 Å². The van der Waals surface area contributed by atoms with Gasteiger partial charge in [-0.3, -0.25) is 5.10 Å². The Kier molecular flexibility index (Phi) is 3.91. The van der Waals surface area contributed by atoms with Crippen molar-refractivity contribution in [3.63, 3.8) is 0 Å². The van der Waals surface area contributed by atoms with E-state index in [2.05, 4.69) is 10.2 Å². The second-order valence-corrected chi connectivity index (χ2v) is 6.95. The summed E-state index contributed by atoms with van der Waals surface area (Å²) in [6.45, 7) is 0.562. The lowest BCUT2D eigenvalue weighted by atomic mass is 9.89. The average Bonchev–Trinajstić information content (AvgIpc) is 2.77. The van der Waals surface area contributed by atoms with Crippen molar-refractivity contribution in [2.24, 2.45) is 5.92 Å². The van der Waals surface area contributed by atoms with E-state index in [0.29, 0.717) is 12.5 Å². The highest BCUT2D eigenvalue weighted by molar-refractivity contribution is 7.89. The lowest BCUT2D eigenvalue weighted by molar-refractivity contribution is 0.300. The normalized spacial score (nSPS) is 18.3. The molecule has 1 fully saturated rings. The summed E-state index contributed by atoms with van der Waals surface area (Å²) < 4.78 is 25.9. The molecule has 1 aromatic rings. The molecule has 6 nitrogen and oxygen atoms in total. The number of nitrogens with two attached hydrogens (primary N) is 1. The van der Waals surface area contributed by atoms with Crippen LogP contribution in [0.4, 0.5) is 5.82 Å². The minimum atomic E-state index is -3.51. The maximum Gasteiger partial charge on any atom is 0.248 e. The van der Waals surface area contributed by atoms with Crippen LogP contribution < -0.4 is 5.73 Å². The second kappa shape index (κ2) is 5.27. The summed E-state index contributed by atoms with van der Waals surface area (Å²) >= 11 is 0. The molecular formula is C11H20N4O2S. The SMILES string of the molecule is CN(CC1CCCCC1)S(=O)(=O)c1cn[nH]c1N. The van der Waals surface area contributed by atoms with Crippen LogP contribution in [0.3, 0.4) is 0 Å². The lowest BCUT2D eigenvalue weighted by Crippen LogP contribution is -2.32. The Balaban J connectivity index is 2.08. The number of aromatic amines is 1. The van der Waals surface area contributed by atoms with Gasteiger partial charge >= 0.3 is 0 Å². The van der Waals surface area contributed by atoms with Gasteiger partial charge in [-0.05, 0) is 18.8 Å². The van der Waals surface area contributed by atoms with Gasteiger partial charge in [0, 0.05) is 13.6 Å². The predicted molar refractivity (Wildman–Crippen MR) is 69.4 cm³/mol. The van der Waals surface area contributed by atoms with Crippen molar-refractivity contribution in [2.45, 2.75) is 37.0 Å². The van der Waals surface area contributed by atoms with Crippen molar-refractivity contribution >= 4 is 15.8 Å². The zero-order chi connectivity index (χ0) is 13.2. The van der Waals surface area contributed by atoms with Gasteiger partial charge in [-0.2, -0.15) is 5.10 Å².